The molecule has 0 unspecified atom stereocenters. The summed E-state index contributed by atoms with van der Waals surface area (Å²) in [6, 6.07) is 5.46. The zero-order valence-electron chi connectivity index (χ0n) is 17.9. The summed E-state index contributed by atoms with van der Waals surface area (Å²) in [6.07, 6.45) is -2.89. The van der Waals surface area contributed by atoms with Crippen LogP contribution < -0.4 is 5.32 Å². The van der Waals surface area contributed by atoms with E-state index in [1.165, 1.54) is 23.5 Å². The lowest BCUT2D eigenvalue weighted by Gasteiger charge is -2.40. The number of carbonyl (C=O) groups is 1. The van der Waals surface area contributed by atoms with Crippen molar-refractivity contribution in [1.82, 2.24) is 14.9 Å². The lowest BCUT2D eigenvalue weighted by atomic mass is 9.78. The van der Waals surface area contributed by atoms with E-state index in [0.717, 1.165) is 39.0 Å². The van der Waals surface area contributed by atoms with Gasteiger partial charge in [0.25, 0.3) is 0 Å². The van der Waals surface area contributed by atoms with Gasteiger partial charge in [0.15, 0.2) is 5.13 Å². The molecule has 170 valence electrons. The third-order valence-corrected chi connectivity index (χ3v) is 7.54. The van der Waals surface area contributed by atoms with Crippen LogP contribution in [0.15, 0.2) is 29.6 Å². The van der Waals surface area contributed by atoms with Crippen LogP contribution in [0.5, 0.6) is 0 Å². The maximum atomic E-state index is 12.7. The molecule has 1 aliphatic carbocycles. The Morgan fingerprint density at radius 2 is 1.88 bits per heavy atom. The monoisotopic (exact) mass is 480 g/mol. The number of alkyl halides is 3. The van der Waals surface area contributed by atoms with Crippen molar-refractivity contribution in [3.8, 4) is 10.6 Å². The van der Waals surface area contributed by atoms with Gasteiger partial charge in [-0.05, 0) is 51.4 Å². The second kappa shape index (κ2) is 8.92. The van der Waals surface area contributed by atoms with E-state index >= 15 is 0 Å². The molecule has 5 nitrogen and oxygen atoms in total. The van der Waals surface area contributed by atoms with Crippen molar-refractivity contribution in [2.75, 3.05) is 12.4 Å². The Hall–Kier alpha value is -2.30. The van der Waals surface area contributed by atoms with E-state index in [1.54, 1.807) is 11.3 Å². The molecule has 0 aliphatic heterocycles. The first kappa shape index (κ1) is 22.9. The molecule has 1 aromatic carbocycles. The number of nitrogens with zero attached hydrogens (tertiary/aromatic N) is 3. The summed E-state index contributed by atoms with van der Waals surface area (Å²) < 4.78 is 38.1. The zero-order valence-corrected chi connectivity index (χ0v) is 19.5. The highest BCUT2D eigenvalue weighted by Crippen LogP contribution is 2.35. The highest BCUT2D eigenvalue weighted by Gasteiger charge is 2.37. The molecule has 0 saturated heterocycles. The minimum Gasteiger partial charge on any atom is -0.302 e. The third kappa shape index (κ3) is 5.02. The van der Waals surface area contributed by atoms with E-state index in [4.69, 9.17) is 0 Å². The molecule has 10 heteroatoms. The number of thiazole rings is 2. The van der Waals surface area contributed by atoms with Gasteiger partial charge in [-0.25, -0.2) is 9.97 Å². The summed E-state index contributed by atoms with van der Waals surface area (Å²) in [7, 11) is 1.93. The van der Waals surface area contributed by atoms with Crippen LogP contribution in [0.25, 0.3) is 10.6 Å². The van der Waals surface area contributed by atoms with E-state index in [-0.39, 0.29) is 17.9 Å². The van der Waals surface area contributed by atoms with Gasteiger partial charge in [0, 0.05) is 23.9 Å². The van der Waals surface area contributed by atoms with Crippen LogP contribution in [-0.2, 0) is 17.5 Å². The summed E-state index contributed by atoms with van der Waals surface area (Å²) in [5, 5.41) is 6.41. The molecule has 1 N–H and O–H groups in total. The number of nitrogens with one attached hydrogen (secondary N) is 1. The number of carbonyl (C=O) groups excluding carboxylic acids is 1. The van der Waals surface area contributed by atoms with Gasteiger partial charge >= 0.3 is 6.18 Å². The molecule has 4 rings (SSSR count). The molecule has 1 amide bonds. The fourth-order valence-electron chi connectivity index (χ4n) is 3.79. The Morgan fingerprint density at radius 3 is 2.47 bits per heavy atom. The van der Waals surface area contributed by atoms with E-state index in [1.807, 2.05) is 26.3 Å². The summed E-state index contributed by atoms with van der Waals surface area (Å²) in [5.41, 5.74) is 1.94. The van der Waals surface area contributed by atoms with E-state index in [2.05, 4.69) is 20.2 Å². The Kier molecular flexibility index (Phi) is 6.37. The number of benzene rings is 1. The highest BCUT2D eigenvalue weighted by molar-refractivity contribution is 7.16. The predicted molar refractivity (Wildman–Crippen MR) is 121 cm³/mol. The largest absolute Gasteiger partial charge is 0.416 e. The van der Waals surface area contributed by atoms with Crippen LogP contribution in [0.1, 0.15) is 34.7 Å². The standard InChI is InChI=1S/C22H23F3N4OS2/c1-12-19(32-13(2)26-12)18-11-31-21(27-18)28-20(30)15-8-17(9-15)29(3)10-14-4-6-16(7-5-14)22(23,24)25/h4-7,11,15,17H,8-10H2,1-3H3,(H,27,28,30)/t15-,17+. The molecule has 3 aromatic rings. The SMILES string of the molecule is Cc1nc(C)c(-c2csc(NC(=O)[C@H]3C[C@@H](N(C)Cc4ccc(C(F)(F)F)cc4)C3)n2)s1. The number of halogens is 3. The van der Waals surface area contributed by atoms with E-state index < -0.39 is 11.7 Å². The second-order valence-electron chi connectivity index (χ2n) is 8.11. The number of hydrogen-bond donors (Lipinski definition) is 1. The number of hydrogen-bond acceptors (Lipinski definition) is 6. The topological polar surface area (TPSA) is 58.1 Å². The summed E-state index contributed by atoms with van der Waals surface area (Å²) in [6.45, 7) is 4.45. The van der Waals surface area contributed by atoms with Crippen LogP contribution in [0.3, 0.4) is 0 Å². The lowest BCUT2D eigenvalue weighted by molar-refractivity contribution is -0.137. The number of rotatable bonds is 6. The van der Waals surface area contributed by atoms with Gasteiger partial charge in [0.2, 0.25) is 5.91 Å². The lowest BCUT2D eigenvalue weighted by Crippen LogP contribution is -2.46. The minimum atomic E-state index is -4.32. The molecule has 0 spiro atoms. The van der Waals surface area contributed by atoms with Crippen molar-refractivity contribution >= 4 is 33.7 Å². The molecule has 2 heterocycles. The normalized spacial score (nSPS) is 18.6. The average molecular weight is 481 g/mol. The number of aromatic nitrogens is 2. The van der Waals surface area contributed by atoms with Crippen molar-refractivity contribution < 1.29 is 18.0 Å². The van der Waals surface area contributed by atoms with Crippen molar-refractivity contribution in [1.29, 1.82) is 0 Å². The molecule has 32 heavy (non-hydrogen) atoms. The van der Waals surface area contributed by atoms with Crippen molar-refractivity contribution in [3.63, 3.8) is 0 Å². The second-order valence-corrected chi connectivity index (χ2v) is 10.2. The highest BCUT2D eigenvalue weighted by atomic mass is 32.1. The molecule has 2 aromatic heterocycles. The molecular weight excluding hydrogens is 457 g/mol. The maximum absolute atomic E-state index is 12.7. The molecule has 1 aliphatic rings. The third-order valence-electron chi connectivity index (χ3n) is 5.69. The van der Waals surface area contributed by atoms with Gasteiger partial charge in [-0.1, -0.05) is 12.1 Å². The Morgan fingerprint density at radius 1 is 1.19 bits per heavy atom. The van der Waals surface area contributed by atoms with Gasteiger partial charge in [-0.15, -0.1) is 22.7 Å². The molecule has 0 bridgehead atoms. The van der Waals surface area contributed by atoms with Crippen LogP contribution in [0, 0.1) is 19.8 Å². The van der Waals surface area contributed by atoms with Gasteiger partial charge in [-0.2, -0.15) is 13.2 Å². The summed E-state index contributed by atoms with van der Waals surface area (Å²) in [4.78, 5) is 24.7. The number of anilines is 1. The van der Waals surface area contributed by atoms with Crippen LogP contribution in [0.2, 0.25) is 0 Å². The summed E-state index contributed by atoms with van der Waals surface area (Å²) in [5.74, 6) is -0.128. The van der Waals surface area contributed by atoms with Gasteiger partial charge < -0.3 is 5.32 Å². The van der Waals surface area contributed by atoms with Crippen LogP contribution in [0.4, 0.5) is 18.3 Å². The van der Waals surface area contributed by atoms with Gasteiger partial charge in [-0.3, -0.25) is 9.69 Å². The molecular formula is C22H23F3N4OS2. The van der Waals surface area contributed by atoms with Gasteiger partial charge in [0.1, 0.15) is 0 Å². The molecule has 1 fully saturated rings. The Labute approximate surface area is 192 Å². The molecule has 1 saturated carbocycles. The van der Waals surface area contributed by atoms with Crippen molar-refractivity contribution in [2.24, 2.45) is 5.92 Å². The van der Waals surface area contributed by atoms with Crippen LogP contribution in [-0.4, -0.2) is 33.9 Å². The predicted octanol–water partition coefficient (Wildman–Crippen LogP) is 5.75. The van der Waals surface area contributed by atoms with Crippen molar-refractivity contribution in [2.45, 2.75) is 45.5 Å². The fraction of sp³-hybridized carbons (Fsp3) is 0.409. The van der Waals surface area contributed by atoms with Crippen molar-refractivity contribution in [3.05, 3.63) is 51.5 Å². The number of amides is 1. The first-order chi connectivity index (χ1) is 15.1. The van der Waals surface area contributed by atoms with Crippen LogP contribution >= 0.6 is 22.7 Å². The molecule has 0 atom stereocenters. The first-order valence-electron chi connectivity index (χ1n) is 10.2. The van der Waals surface area contributed by atoms with E-state index in [0.29, 0.717) is 24.5 Å². The Bertz CT molecular complexity index is 1100. The zero-order chi connectivity index (χ0) is 23.0. The smallest absolute Gasteiger partial charge is 0.302 e. The fourth-order valence-corrected chi connectivity index (χ4v) is 5.45. The maximum Gasteiger partial charge on any atom is 0.416 e. The van der Waals surface area contributed by atoms with Gasteiger partial charge in [0.05, 0.1) is 26.8 Å². The molecule has 0 radical (unpaired) electrons. The first-order valence-corrected chi connectivity index (χ1v) is 11.9. The minimum absolute atomic E-state index is 0.0395. The van der Waals surface area contributed by atoms with E-state index in [9.17, 15) is 18.0 Å². The Balaban J connectivity index is 1.27. The number of aryl methyl sites for hydroxylation is 2. The average Bonchev–Trinajstić information content (AvgIpc) is 3.25. The summed E-state index contributed by atoms with van der Waals surface area (Å²) >= 11 is 2.99. The quantitative estimate of drug-likeness (QED) is 0.488.